The number of carbonyl (C=O) groups is 1. The molecule has 0 aliphatic heterocycles. The normalized spacial score (nSPS) is 11.6. The van der Waals surface area contributed by atoms with E-state index in [4.69, 9.17) is 9.68 Å². The van der Waals surface area contributed by atoms with Gasteiger partial charge >= 0.3 is 0 Å². The molecule has 1 amide bonds. The summed E-state index contributed by atoms with van der Waals surface area (Å²) in [5, 5.41) is 21.2. The Labute approximate surface area is 122 Å². The molecule has 21 heavy (non-hydrogen) atoms. The lowest BCUT2D eigenvalue weighted by molar-refractivity contribution is -0.120. The molecule has 0 saturated heterocycles. The first-order valence-electron chi connectivity index (χ1n) is 6.62. The predicted octanol–water partition coefficient (Wildman–Crippen LogP) is 1.74. The molecular formula is C16H16N2O3. The second kappa shape index (κ2) is 7.27. The zero-order chi connectivity index (χ0) is 15.1. The van der Waals surface area contributed by atoms with Gasteiger partial charge in [0.15, 0.2) is 0 Å². The van der Waals surface area contributed by atoms with Crippen molar-refractivity contribution in [1.82, 2.24) is 5.32 Å². The van der Waals surface area contributed by atoms with E-state index in [9.17, 15) is 9.90 Å². The number of nitriles is 1. The van der Waals surface area contributed by atoms with Crippen LogP contribution >= 0.6 is 0 Å². The number of aliphatic hydroxyl groups excluding tert-OH is 1. The van der Waals surface area contributed by atoms with Gasteiger partial charge in [0.2, 0.25) is 5.91 Å². The Morgan fingerprint density at radius 2 is 2.05 bits per heavy atom. The molecule has 0 spiro atoms. The molecule has 0 aliphatic carbocycles. The molecule has 5 nitrogen and oxygen atoms in total. The molecular weight excluding hydrogens is 268 g/mol. The van der Waals surface area contributed by atoms with E-state index in [0.717, 1.165) is 11.1 Å². The molecule has 2 N–H and O–H groups in total. The molecule has 108 valence electrons. The molecule has 1 unspecified atom stereocenters. The first kappa shape index (κ1) is 14.8. The Bertz CT molecular complexity index is 629. The third kappa shape index (κ3) is 4.20. The molecule has 1 heterocycles. The first-order chi connectivity index (χ1) is 10.2. The predicted molar refractivity (Wildman–Crippen MR) is 76.1 cm³/mol. The molecule has 2 rings (SSSR count). The van der Waals surface area contributed by atoms with Gasteiger partial charge in [-0.05, 0) is 23.3 Å². The van der Waals surface area contributed by atoms with E-state index in [1.54, 1.807) is 12.1 Å². The average molecular weight is 284 g/mol. The monoisotopic (exact) mass is 284 g/mol. The summed E-state index contributed by atoms with van der Waals surface area (Å²) in [6.45, 7) is 0.0900. The average Bonchev–Trinajstić information content (AvgIpc) is 3.01. The smallest absolute Gasteiger partial charge is 0.224 e. The molecule has 0 fully saturated rings. The summed E-state index contributed by atoms with van der Waals surface area (Å²) in [5.74, 6) is 0.214. The van der Waals surface area contributed by atoms with Crippen LogP contribution in [0.25, 0.3) is 0 Å². The van der Waals surface area contributed by atoms with E-state index in [1.807, 2.05) is 24.3 Å². The first-order valence-corrected chi connectivity index (χ1v) is 6.62. The number of aliphatic hydroxyl groups is 1. The molecule has 1 aromatic heterocycles. The third-order valence-corrected chi connectivity index (χ3v) is 3.10. The van der Waals surface area contributed by atoms with Gasteiger partial charge in [-0.1, -0.05) is 24.3 Å². The van der Waals surface area contributed by atoms with Crippen molar-refractivity contribution in [3.05, 3.63) is 59.5 Å². The Balaban J connectivity index is 1.89. The maximum Gasteiger partial charge on any atom is 0.224 e. The van der Waals surface area contributed by atoms with E-state index in [1.165, 1.54) is 6.26 Å². The van der Waals surface area contributed by atoms with Crippen molar-refractivity contribution < 1.29 is 14.3 Å². The highest BCUT2D eigenvalue weighted by atomic mass is 16.4. The number of nitrogens with zero attached hydrogens (tertiary/aromatic N) is 1. The summed E-state index contributed by atoms with van der Waals surface area (Å²) in [5.41, 5.74) is 1.67. The summed E-state index contributed by atoms with van der Waals surface area (Å²) in [6, 6.07) is 12.8. The van der Waals surface area contributed by atoms with E-state index >= 15 is 0 Å². The standard InChI is InChI=1S/C16H16N2O3/c17-8-7-12-4-1-2-5-13(12)10-16(20)18-11-14(19)15-6-3-9-21-15/h1-6,9,14,19H,7,10-11H2,(H,18,20). The number of carbonyl (C=O) groups excluding carboxylic acids is 1. The van der Waals surface area contributed by atoms with E-state index in [2.05, 4.69) is 11.4 Å². The van der Waals surface area contributed by atoms with Gasteiger partial charge in [0.1, 0.15) is 11.9 Å². The van der Waals surface area contributed by atoms with Crippen LogP contribution < -0.4 is 5.32 Å². The number of benzene rings is 1. The minimum atomic E-state index is -0.863. The Hall–Kier alpha value is -2.58. The third-order valence-electron chi connectivity index (χ3n) is 3.10. The largest absolute Gasteiger partial charge is 0.467 e. The van der Waals surface area contributed by atoms with Gasteiger partial charge in [-0.15, -0.1) is 0 Å². The van der Waals surface area contributed by atoms with Crippen LogP contribution in [0.5, 0.6) is 0 Å². The lowest BCUT2D eigenvalue weighted by Gasteiger charge is -2.11. The highest BCUT2D eigenvalue weighted by Gasteiger charge is 2.13. The van der Waals surface area contributed by atoms with Crippen molar-refractivity contribution in [1.29, 1.82) is 5.26 Å². The molecule has 0 saturated carbocycles. The summed E-state index contributed by atoms with van der Waals surface area (Å²) in [4.78, 5) is 11.9. The summed E-state index contributed by atoms with van der Waals surface area (Å²) >= 11 is 0. The van der Waals surface area contributed by atoms with Crippen molar-refractivity contribution in [3.63, 3.8) is 0 Å². The zero-order valence-corrected chi connectivity index (χ0v) is 11.5. The van der Waals surface area contributed by atoms with Gasteiger partial charge in [0.25, 0.3) is 0 Å². The minimum Gasteiger partial charge on any atom is -0.467 e. The molecule has 2 aromatic rings. The van der Waals surface area contributed by atoms with Crippen LogP contribution in [0.2, 0.25) is 0 Å². The highest BCUT2D eigenvalue weighted by Crippen LogP contribution is 2.12. The summed E-state index contributed by atoms with van der Waals surface area (Å²) < 4.78 is 5.06. The molecule has 1 atom stereocenters. The Morgan fingerprint density at radius 3 is 2.71 bits per heavy atom. The fourth-order valence-corrected chi connectivity index (χ4v) is 2.02. The van der Waals surface area contributed by atoms with Crippen molar-refractivity contribution in [2.75, 3.05) is 6.54 Å². The lowest BCUT2D eigenvalue weighted by Crippen LogP contribution is -2.29. The van der Waals surface area contributed by atoms with Crippen molar-refractivity contribution in [2.45, 2.75) is 18.9 Å². The van der Waals surface area contributed by atoms with Crippen LogP contribution in [-0.2, 0) is 17.6 Å². The number of rotatable bonds is 6. The highest BCUT2D eigenvalue weighted by molar-refractivity contribution is 5.79. The number of hydrogen-bond donors (Lipinski definition) is 2. The summed E-state index contributed by atoms with van der Waals surface area (Å²) in [6.07, 6.45) is 1.07. The Kier molecular flexibility index (Phi) is 5.13. The van der Waals surface area contributed by atoms with Gasteiger partial charge in [0, 0.05) is 0 Å². The van der Waals surface area contributed by atoms with Crippen molar-refractivity contribution in [3.8, 4) is 6.07 Å². The van der Waals surface area contributed by atoms with Crippen molar-refractivity contribution >= 4 is 5.91 Å². The number of hydrogen-bond acceptors (Lipinski definition) is 4. The van der Waals surface area contributed by atoms with Gasteiger partial charge in [0.05, 0.1) is 31.7 Å². The number of amides is 1. The minimum absolute atomic E-state index is 0.0900. The van der Waals surface area contributed by atoms with Crippen LogP contribution in [0.3, 0.4) is 0 Å². The van der Waals surface area contributed by atoms with Gasteiger partial charge in [-0.3, -0.25) is 4.79 Å². The maximum atomic E-state index is 11.9. The van der Waals surface area contributed by atoms with Gasteiger partial charge in [-0.25, -0.2) is 0 Å². The van der Waals surface area contributed by atoms with Crippen molar-refractivity contribution in [2.24, 2.45) is 0 Å². The van der Waals surface area contributed by atoms with Crippen LogP contribution in [0, 0.1) is 11.3 Å². The molecule has 1 aromatic carbocycles. The Morgan fingerprint density at radius 1 is 1.29 bits per heavy atom. The molecule has 0 radical (unpaired) electrons. The lowest BCUT2D eigenvalue weighted by atomic mass is 10.0. The molecule has 5 heteroatoms. The van der Waals surface area contributed by atoms with E-state index in [-0.39, 0.29) is 25.3 Å². The van der Waals surface area contributed by atoms with Gasteiger partial charge in [-0.2, -0.15) is 5.26 Å². The second-order valence-electron chi connectivity index (χ2n) is 4.62. The van der Waals surface area contributed by atoms with Gasteiger partial charge < -0.3 is 14.8 Å². The molecule has 0 aliphatic rings. The van der Waals surface area contributed by atoms with E-state index in [0.29, 0.717) is 5.76 Å². The number of nitrogens with one attached hydrogen (secondary N) is 1. The number of furan rings is 1. The maximum absolute atomic E-state index is 11.9. The quantitative estimate of drug-likeness (QED) is 0.846. The van der Waals surface area contributed by atoms with Crippen LogP contribution in [-0.4, -0.2) is 17.6 Å². The fourth-order valence-electron chi connectivity index (χ4n) is 2.02. The van der Waals surface area contributed by atoms with Crippen LogP contribution in [0.15, 0.2) is 47.1 Å². The molecule has 0 bridgehead atoms. The summed E-state index contributed by atoms with van der Waals surface area (Å²) in [7, 11) is 0. The zero-order valence-electron chi connectivity index (χ0n) is 11.5. The van der Waals surface area contributed by atoms with Crippen LogP contribution in [0.4, 0.5) is 0 Å². The topological polar surface area (TPSA) is 86.3 Å². The second-order valence-corrected chi connectivity index (χ2v) is 4.62. The van der Waals surface area contributed by atoms with Crippen LogP contribution in [0.1, 0.15) is 23.0 Å². The SMILES string of the molecule is N#CCc1ccccc1CC(=O)NCC(O)c1ccco1. The van der Waals surface area contributed by atoms with E-state index < -0.39 is 6.10 Å². The fraction of sp³-hybridized carbons (Fsp3) is 0.250.